The third-order valence-corrected chi connectivity index (χ3v) is 9.14. The lowest BCUT2D eigenvalue weighted by molar-refractivity contribution is -0.127. The van der Waals surface area contributed by atoms with Gasteiger partial charge in [0, 0.05) is 49.4 Å². The second-order valence-corrected chi connectivity index (χ2v) is 12.6. The van der Waals surface area contributed by atoms with Gasteiger partial charge < -0.3 is 10.6 Å². The van der Waals surface area contributed by atoms with Gasteiger partial charge in [-0.3, -0.25) is 14.1 Å². The summed E-state index contributed by atoms with van der Waals surface area (Å²) in [6.07, 6.45) is 8.74. The third-order valence-electron chi connectivity index (χ3n) is 8.02. The van der Waals surface area contributed by atoms with Crippen molar-refractivity contribution in [3.8, 4) is 0 Å². The standard InChI is InChI=1S/C30H36N4O3S/c1-38(36,37)34-22-30(27-11-5-6-12-28(27)34)15-13-25(14-16-30)29(35)33-26(18-23-8-3-2-4-9-23)21-32-20-24-10-7-17-31-19-24/h2-12,17,19,25-26,32H,13-16,18,20-22H2,1H3,(H,33,35)/t25-,26-,30-/m0/s1. The normalized spacial score (nSPS) is 21.7. The van der Waals surface area contributed by atoms with Crippen molar-refractivity contribution in [3.05, 3.63) is 95.8 Å². The molecular weight excluding hydrogens is 496 g/mol. The number of para-hydroxylation sites is 1. The minimum absolute atomic E-state index is 0.0367. The lowest BCUT2D eigenvalue weighted by atomic mass is 9.67. The zero-order valence-corrected chi connectivity index (χ0v) is 22.7. The van der Waals surface area contributed by atoms with E-state index in [9.17, 15) is 13.2 Å². The fourth-order valence-corrected chi connectivity index (χ4v) is 7.02. The molecule has 1 saturated carbocycles. The number of nitrogens with zero attached hydrogens (tertiary/aromatic N) is 2. The molecule has 0 unspecified atom stereocenters. The number of fused-ring (bicyclic) bond motifs is 2. The van der Waals surface area contributed by atoms with E-state index in [0.717, 1.165) is 48.9 Å². The number of carbonyl (C=O) groups excluding carboxylic acids is 1. The van der Waals surface area contributed by atoms with Gasteiger partial charge in [-0.2, -0.15) is 0 Å². The Kier molecular flexibility index (Phi) is 7.81. The minimum Gasteiger partial charge on any atom is -0.352 e. The van der Waals surface area contributed by atoms with Crippen LogP contribution in [0, 0.1) is 5.92 Å². The molecule has 1 fully saturated rings. The first-order valence-corrected chi connectivity index (χ1v) is 15.2. The van der Waals surface area contributed by atoms with Gasteiger partial charge in [-0.05, 0) is 60.9 Å². The molecular formula is C30H36N4O3S. The summed E-state index contributed by atoms with van der Waals surface area (Å²) in [5, 5.41) is 6.81. The van der Waals surface area contributed by atoms with E-state index in [1.165, 1.54) is 11.8 Å². The molecule has 0 bridgehead atoms. The van der Waals surface area contributed by atoms with Gasteiger partial charge in [0.25, 0.3) is 0 Å². The highest BCUT2D eigenvalue weighted by Crippen LogP contribution is 2.50. The van der Waals surface area contributed by atoms with Crippen LogP contribution in [0.5, 0.6) is 0 Å². The van der Waals surface area contributed by atoms with Crippen LogP contribution in [0.25, 0.3) is 0 Å². The van der Waals surface area contributed by atoms with E-state index in [1.807, 2.05) is 54.7 Å². The number of benzene rings is 2. The Hall–Kier alpha value is -3.23. The summed E-state index contributed by atoms with van der Waals surface area (Å²) in [5.41, 5.74) is 3.97. The molecule has 1 aromatic heterocycles. The summed E-state index contributed by atoms with van der Waals surface area (Å²) in [6, 6.07) is 22.0. The summed E-state index contributed by atoms with van der Waals surface area (Å²) in [4.78, 5) is 17.6. The van der Waals surface area contributed by atoms with Gasteiger partial charge in [0.1, 0.15) is 0 Å². The van der Waals surface area contributed by atoms with Crippen molar-refractivity contribution in [2.24, 2.45) is 5.92 Å². The maximum atomic E-state index is 13.4. The molecule has 0 radical (unpaired) electrons. The first-order valence-electron chi connectivity index (χ1n) is 13.4. The van der Waals surface area contributed by atoms with E-state index in [-0.39, 0.29) is 23.3 Å². The molecule has 2 aliphatic rings. The maximum Gasteiger partial charge on any atom is 0.232 e. The molecule has 1 amide bonds. The quantitative estimate of drug-likeness (QED) is 0.437. The fourth-order valence-electron chi connectivity index (χ4n) is 6.03. The van der Waals surface area contributed by atoms with E-state index >= 15 is 0 Å². The van der Waals surface area contributed by atoms with E-state index in [4.69, 9.17) is 0 Å². The Labute approximate surface area is 225 Å². The molecule has 38 heavy (non-hydrogen) atoms. The lowest BCUT2D eigenvalue weighted by Gasteiger charge is -2.37. The summed E-state index contributed by atoms with van der Waals surface area (Å²) < 4.78 is 26.5. The van der Waals surface area contributed by atoms with Crippen LogP contribution in [0.3, 0.4) is 0 Å². The van der Waals surface area contributed by atoms with Crippen LogP contribution in [0.15, 0.2) is 79.1 Å². The second kappa shape index (κ2) is 11.3. The number of carbonyl (C=O) groups is 1. The minimum atomic E-state index is -3.35. The van der Waals surface area contributed by atoms with Crippen LogP contribution in [0.1, 0.15) is 42.4 Å². The topological polar surface area (TPSA) is 91.4 Å². The van der Waals surface area contributed by atoms with Crippen LogP contribution in [0.2, 0.25) is 0 Å². The van der Waals surface area contributed by atoms with Crippen molar-refractivity contribution in [1.82, 2.24) is 15.6 Å². The van der Waals surface area contributed by atoms with Crippen molar-refractivity contribution in [1.29, 1.82) is 0 Å². The zero-order valence-electron chi connectivity index (χ0n) is 21.8. The van der Waals surface area contributed by atoms with Crippen molar-refractivity contribution >= 4 is 21.6 Å². The number of nitrogens with one attached hydrogen (secondary N) is 2. The van der Waals surface area contributed by atoms with Crippen molar-refractivity contribution in [3.63, 3.8) is 0 Å². The Morgan fingerprint density at radius 2 is 1.74 bits per heavy atom. The van der Waals surface area contributed by atoms with Gasteiger partial charge in [0.15, 0.2) is 0 Å². The molecule has 2 N–H and O–H groups in total. The van der Waals surface area contributed by atoms with Gasteiger partial charge in [0.05, 0.1) is 11.9 Å². The molecule has 1 atom stereocenters. The number of pyridine rings is 1. The Bertz CT molecular complexity index is 1340. The Morgan fingerprint density at radius 1 is 1.03 bits per heavy atom. The van der Waals surface area contributed by atoms with Gasteiger partial charge >= 0.3 is 0 Å². The molecule has 7 nitrogen and oxygen atoms in total. The van der Waals surface area contributed by atoms with Gasteiger partial charge in [0.2, 0.25) is 15.9 Å². The predicted octanol–water partition coefficient (Wildman–Crippen LogP) is 3.81. The molecule has 1 spiro atoms. The first kappa shape index (κ1) is 26.4. The number of sulfonamides is 1. The third kappa shape index (κ3) is 5.92. The average Bonchev–Trinajstić information content (AvgIpc) is 3.25. The molecule has 8 heteroatoms. The summed E-state index contributed by atoms with van der Waals surface area (Å²) in [7, 11) is -3.35. The van der Waals surface area contributed by atoms with Crippen molar-refractivity contribution in [2.45, 2.75) is 50.1 Å². The Balaban J connectivity index is 1.23. The molecule has 2 heterocycles. The Morgan fingerprint density at radius 3 is 2.45 bits per heavy atom. The molecule has 5 rings (SSSR count). The molecule has 0 saturated heterocycles. The highest BCUT2D eigenvalue weighted by molar-refractivity contribution is 7.92. The van der Waals surface area contributed by atoms with E-state index in [2.05, 4.69) is 33.8 Å². The monoisotopic (exact) mass is 532 g/mol. The number of amides is 1. The average molecular weight is 533 g/mol. The van der Waals surface area contributed by atoms with Crippen LogP contribution < -0.4 is 14.9 Å². The highest BCUT2D eigenvalue weighted by Gasteiger charge is 2.47. The summed E-state index contributed by atoms with van der Waals surface area (Å²) in [6.45, 7) is 1.81. The van der Waals surface area contributed by atoms with Gasteiger partial charge in [-0.15, -0.1) is 0 Å². The maximum absolute atomic E-state index is 13.4. The number of hydrogen-bond donors (Lipinski definition) is 2. The second-order valence-electron chi connectivity index (χ2n) is 10.7. The number of aromatic nitrogens is 1. The largest absolute Gasteiger partial charge is 0.352 e. The number of hydrogen-bond acceptors (Lipinski definition) is 5. The molecule has 200 valence electrons. The molecule has 1 aliphatic carbocycles. The summed E-state index contributed by atoms with van der Waals surface area (Å²) >= 11 is 0. The van der Waals surface area contributed by atoms with Gasteiger partial charge in [-0.1, -0.05) is 54.6 Å². The van der Waals surface area contributed by atoms with E-state index in [1.54, 1.807) is 10.5 Å². The molecule has 3 aromatic rings. The smallest absolute Gasteiger partial charge is 0.232 e. The van der Waals surface area contributed by atoms with Crippen molar-refractivity contribution < 1.29 is 13.2 Å². The number of anilines is 1. The molecule has 2 aromatic carbocycles. The SMILES string of the molecule is CS(=O)(=O)N1C[C@]2(CC[C@@H](C(=O)N[C@H](CNCc3cccnc3)Cc3ccccc3)CC2)c2ccccc21. The van der Waals surface area contributed by atoms with Crippen LogP contribution in [-0.2, 0) is 33.2 Å². The molecule has 1 aliphatic heterocycles. The van der Waals surface area contributed by atoms with Crippen LogP contribution in [0.4, 0.5) is 5.69 Å². The predicted molar refractivity (Wildman–Crippen MR) is 150 cm³/mol. The number of rotatable bonds is 9. The fraction of sp³-hybridized carbons (Fsp3) is 0.400. The van der Waals surface area contributed by atoms with E-state index in [0.29, 0.717) is 19.6 Å². The zero-order chi connectivity index (χ0) is 26.6. The van der Waals surface area contributed by atoms with Crippen LogP contribution in [-0.4, -0.2) is 44.7 Å². The highest BCUT2D eigenvalue weighted by atomic mass is 32.2. The van der Waals surface area contributed by atoms with Gasteiger partial charge in [-0.25, -0.2) is 8.42 Å². The first-order chi connectivity index (χ1) is 18.3. The van der Waals surface area contributed by atoms with Crippen molar-refractivity contribution in [2.75, 3.05) is 23.7 Å². The van der Waals surface area contributed by atoms with E-state index < -0.39 is 10.0 Å². The summed E-state index contributed by atoms with van der Waals surface area (Å²) in [5.74, 6) is 0.0203. The van der Waals surface area contributed by atoms with Crippen LogP contribution >= 0.6 is 0 Å². The lowest BCUT2D eigenvalue weighted by Crippen LogP contribution is -2.47.